The SMILES string of the molecule is CC[C@H](C)NC(=O)[C@@H](Cc1ccccc1)N(Cc1ccccc1C)C(=O)CCc1ccccc1Cl. The Morgan fingerprint density at radius 1 is 0.914 bits per heavy atom. The van der Waals surface area contributed by atoms with E-state index < -0.39 is 6.04 Å². The minimum atomic E-state index is -0.621. The summed E-state index contributed by atoms with van der Waals surface area (Å²) >= 11 is 6.34. The first-order valence-corrected chi connectivity index (χ1v) is 12.7. The van der Waals surface area contributed by atoms with Gasteiger partial charge in [-0.25, -0.2) is 0 Å². The molecule has 0 saturated heterocycles. The van der Waals surface area contributed by atoms with Crippen LogP contribution in [0.15, 0.2) is 78.9 Å². The predicted molar refractivity (Wildman–Crippen MR) is 143 cm³/mol. The number of carbonyl (C=O) groups excluding carboxylic acids is 2. The molecule has 35 heavy (non-hydrogen) atoms. The second-order valence-electron chi connectivity index (χ2n) is 9.06. The average Bonchev–Trinajstić information content (AvgIpc) is 2.87. The highest BCUT2D eigenvalue weighted by atomic mass is 35.5. The van der Waals surface area contributed by atoms with Crippen LogP contribution in [-0.2, 0) is 29.0 Å². The van der Waals surface area contributed by atoms with E-state index in [0.29, 0.717) is 24.4 Å². The third kappa shape index (κ3) is 7.69. The third-order valence-electron chi connectivity index (χ3n) is 6.44. The molecule has 0 aromatic heterocycles. The molecule has 0 bridgehead atoms. The fourth-order valence-corrected chi connectivity index (χ4v) is 4.28. The molecule has 3 aromatic carbocycles. The van der Waals surface area contributed by atoms with E-state index in [-0.39, 0.29) is 24.3 Å². The monoisotopic (exact) mass is 490 g/mol. The Hall–Kier alpha value is -3.11. The van der Waals surface area contributed by atoms with Crippen molar-refractivity contribution in [2.24, 2.45) is 0 Å². The molecule has 3 aromatic rings. The third-order valence-corrected chi connectivity index (χ3v) is 6.81. The number of hydrogen-bond acceptors (Lipinski definition) is 2. The molecule has 0 aliphatic carbocycles. The number of carbonyl (C=O) groups is 2. The molecule has 4 nitrogen and oxygen atoms in total. The molecule has 0 aliphatic heterocycles. The van der Waals surface area contributed by atoms with E-state index in [1.165, 1.54) is 0 Å². The quantitative estimate of drug-likeness (QED) is 0.351. The van der Waals surface area contributed by atoms with Crippen LogP contribution in [0.2, 0.25) is 5.02 Å². The van der Waals surface area contributed by atoms with E-state index in [1.54, 1.807) is 4.90 Å². The number of nitrogens with zero attached hydrogens (tertiary/aromatic N) is 1. The van der Waals surface area contributed by atoms with Gasteiger partial charge in [-0.2, -0.15) is 0 Å². The van der Waals surface area contributed by atoms with E-state index in [9.17, 15) is 9.59 Å². The lowest BCUT2D eigenvalue weighted by atomic mass is 10.00. The van der Waals surface area contributed by atoms with Gasteiger partial charge < -0.3 is 10.2 Å². The van der Waals surface area contributed by atoms with Crippen LogP contribution in [0.5, 0.6) is 0 Å². The van der Waals surface area contributed by atoms with Gasteiger partial charge in [-0.15, -0.1) is 0 Å². The highest BCUT2D eigenvalue weighted by molar-refractivity contribution is 6.31. The summed E-state index contributed by atoms with van der Waals surface area (Å²) in [6.07, 6.45) is 2.07. The fourth-order valence-electron chi connectivity index (χ4n) is 4.05. The summed E-state index contributed by atoms with van der Waals surface area (Å²) in [7, 11) is 0. The lowest BCUT2D eigenvalue weighted by Crippen LogP contribution is -2.52. The first kappa shape index (κ1) is 26.5. The van der Waals surface area contributed by atoms with Gasteiger partial charge in [-0.3, -0.25) is 9.59 Å². The van der Waals surface area contributed by atoms with E-state index in [2.05, 4.69) is 5.32 Å². The van der Waals surface area contributed by atoms with Gasteiger partial charge in [-0.05, 0) is 55.0 Å². The number of benzene rings is 3. The van der Waals surface area contributed by atoms with Crippen molar-refractivity contribution in [3.63, 3.8) is 0 Å². The topological polar surface area (TPSA) is 49.4 Å². The van der Waals surface area contributed by atoms with Crippen molar-refractivity contribution < 1.29 is 9.59 Å². The zero-order chi connectivity index (χ0) is 25.2. The van der Waals surface area contributed by atoms with Crippen LogP contribution in [0, 0.1) is 6.92 Å². The second-order valence-corrected chi connectivity index (χ2v) is 9.47. The summed E-state index contributed by atoms with van der Waals surface area (Å²) in [5.41, 5.74) is 4.08. The number of halogens is 1. The molecule has 3 rings (SSSR count). The first-order valence-electron chi connectivity index (χ1n) is 12.3. The highest BCUT2D eigenvalue weighted by Gasteiger charge is 2.31. The van der Waals surface area contributed by atoms with Crippen LogP contribution >= 0.6 is 11.6 Å². The zero-order valence-corrected chi connectivity index (χ0v) is 21.6. The number of aryl methyl sites for hydroxylation is 2. The summed E-state index contributed by atoms with van der Waals surface area (Å²) < 4.78 is 0. The molecule has 2 amide bonds. The number of hydrogen-bond donors (Lipinski definition) is 1. The molecule has 0 saturated carbocycles. The normalized spacial score (nSPS) is 12.6. The Balaban J connectivity index is 1.93. The molecule has 0 aliphatic rings. The second kappa shape index (κ2) is 13.1. The number of nitrogens with one attached hydrogen (secondary N) is 1. The Morgan fingerprint density at radius 3 is 2.20 bits per heavy atom. The summed E-state index contributed by atoms with van der Waals surface area (Å²) in [6, 6.07) is 24.9. The van der Waals surface area contributed by atoms with Crippen LogP contribution < -0.4 is 5.32 Å². The van der Waals surface area contributed by atoms with Gasteiger partial charge >= 0.3 is 0 Å². The van der Waals surface area contributed by atoms with Crippen LogP contribution in [0.3, 0.4) is 0 Å². The molecule has 1 N–H and O–H groups in total. The number of amides is 2. The molecule has 2 atom stereocenters. The average molecular weight is 491 g/mol. The lowest BCUT2D eigenvalue weighted by Gasteiger charge is -2.33. The van der Waals surface area contributed by atoms with Crippen LogP contribution in [0.1, 0.15) is 48.9 Å². The van der Waals surface area contributed by atoms with E-state index in [0.717, 1.165) is 28.7 Å². The summed E-state index contributed by atoms with van der Waals surface area (Å²) in [5.74, 6) is -0.184. The van der Waals surface area contributed by atoms with E-state index in [4.69, 9.17) is 11.6 Å². The largest absolute Gasteiger partial charge is 0.352 e. The first-order chi connectivity index (χ1) is 16.9. The Labute approximate surface area is 214 Å². The van der Waals surface area contributed by atoms with Gasteiger partial charge in [0, 0.05) is 30.5 Å². The summed E-state index contributed by atoms with van der Waals surface area (Å²) in [5, 5.41) is 3.77. The predicted octanol–water partition coefficient (Wildman–Crippen LogP) is 6.14. The van der Waals surface area contributed by atoms with Gasteiger partial charge in [0.25, 0.3) is 0 Å². The van der Waals surface area contributed by atoms with Crippen molar-refractivity contribution in [2.75, 3.05) is 0 Å². The molecule has 0 unspecified atom stereocenters. The van der Waals surface area contributed by atoms with Gasteiger partial charge in [0.15, 0.2) is 0 Å². The van der Waals surface area contributed by atoms with E-state index in [1.807, 2.05) is 99.6 Å². The fraction of sp³-hybridized carbons (Fsp3) is 0.333. The van der Waals surface area contributed by atoms with E-state index >= 15 is 0 Å². The maximum atomic E-state index is 13.7. The summed E-state index contributed by atoms with van der Waals surface area (Å²) in [6.45, 7) is 6.44. The Morgan fingerprint density at radius 2 is 1.54 bits per heavy atom. The van der Waals surface area contributed by atoms with Crippen molar-refractivity contribution >= 4 is 23.4 Å². The van der Waals surface area contributed by atoms with Crippen LogP contribution in [0.4, 0.5) is 0 Å². The van der Waals surface area contributed by atoms with Crippen molar-refractivity contribution in [3.8, 4) is 0 Å². The molecule has 0 fully saturated rings. The molecule has 0 heterocycles. The van der Waals surface area contributed by atoms with Gasteiger partial charge in [-0.1, -0.05) is 91.3 Å². The minimum absolute atomic E-state index is 0.0271. The van der Waals surface area contributed by atoms with Crippen molar-refractivity contribution in [1.82, 2.24) is 10.2 Å². The van der Waals surface area contributed by atoms with Crippen molar-refractivity contribution in [1.29, 1.82) is 0 Å². The molecule has 5 heteroatoms. The molecular formula is C30H35ClN2O2. The van der Waals surface area contributed by atoms with Crippen molar-refractivity contribution in [2.45, 2.75) is 65.1 Å². The minimum Gasteiger partial charge on any atom is -0.352 e. The molecule has 184 valence electrons. The standard InChI is InChI=1S/C30H35ClN2O2/c1-4-23(3)32-30(35)28(20-24-13-6-5-7-14-24)33(21-26-16-9-8-12-22(26)2)29(34)19-18-25-15-10-11-17-27(25)31/h5-17,23,28H,4,18-21H2,1-3H3,(H,32,35)/t23-,28+/m0/s1. The van der Waals surface area contributed by atoms with Crippen molar-refractivity contribution in [3.05, 3.63) is 106 Å². The number of rotatable bonds is 11. The molecular weight excluding hydrogens is 456 g/mol. The van der Waals surface area contributed by atoms with Crippen LogP contribution in [0.25, 0.3) is 0 Å². The lowest BCUT2D eigenvalue weighted by molar-refractivity contribution is -0.141. The molecule has 0 radical (unpaired) electrons. The maximum absolute atomic E-state index is 13.7. The summed E-state index contributed by atoms with van der Waals surface area (Å²) in [4.78, 5) is 29.0. The van der Waals surface area contributed by atoms with Crippen LogP contribution in [-0.4, -0.2) is 28.8 Å². The van der Waals surface area contributed by atoms with Gasteiger partial charge in [0.2, 0.25) is 11.8 Å². The van der Waals surface area contributed by atoms with Gasteiger partial charge in [0.05, 0.1) is 0 Å². The smallest absolute Gasteiger partial charge is 0.243 e. The Bertz CT molecular complexity index is 1120. The maximum Gasteiger partial charge on any atom is 0.243 e. The Kier molecular flexibility index (Phi) is 9.92. The van der Waals surface area contributed by atoms with Gasteiger partial charge in [0.1, 0.15) is 6.04 Å². The zero-order valence-electron chi connectivity index (χ0n) is 20.8. The highest BCUT2D eigenvalue weighted by Crippen LogP contribution is 2.21. The molecule has 0 spiro atoms.